The van der Waals surface area contributed by atoms with E-state index in [9.17, 15) is 0 Å². The average molecular weight is 254 g/mol. The second-order valence-electron chi connectivity index (χ2n) is 6.77. The Labute approximate surface area is 115 Å². The lowest BCUT2D eigenvalue weighted by Gasteiger charge is -2.35. The third-order valence-electron chi connectivity index (χ3n) is 4.52. The fraction of sp³-hybridized carbons (Fsp3) is 1.00. The van der Waals surface area contributed by atoms with E-state index in [-0.39, 0.29) is 11.2 Å². The van der Waals surface area contributed by atoms with E-state index in [1.54, 1.807) is 0 Å². The minimum absolute atomic E-state index is 0.221. The lowest BCUT2D eigenvalue weighted by Crippen LogP contribution is -2.37. The van der Waals surface area contributed by atoms with E-state index in [1.165, 1.54) is 70.6 Å². The van der Waals surface area contributed by atoms with Gasteiger partial charge in [0.1, 0.15) is 0 Å². The van der Waals surface area contributed by atoms with E-state index in [0.29, 0.717) is 0 Å². The van der Waals surface area contributed by atoms with Gasteiger partial charge in [0.05, 0.1) is 11.2 Å². The Bertz CT molecular complexity index is 188. The van der Waals surface area contributed by atoms with Crippen molar-refractivity contribution < 1.29 is 4.74 Å². The fourth-order valence-electron chi connectivity index (χ4n) is 3.40. The summed E-state index contributed by atoms with van der Waals surface area (Å²) in [5, 5.41) is 0. The van der Waals surface area contributed by atoms with Gasteiger partial charge in [-0.05, 0) is 39.5 Å². The molecule has 0 bridgehead atoms. The van der Waals surface area contributed by atoms with Crippen molar-refractivity contribution in [1.82, 2.24) is 0 Å². The van der Waals surface area contributed by atoms with Crippen LogP contribution in [0.15, 0.2) is 0 Å². The molecule has 0 heterocycles. The van der Waals surface area contributed by atoms with Crippen LogP contribution in [0.1, 0.15) is 98.3 Å². The summed E-state index contributed by atoms with van der Waals surface area (Å²) in [6, 6.07) is 0. The van der Waals surface area contributed by atoms with Crippen LogP contribution in [-0.2, 0) is 4.74 Å². The van der Waals surface area contributed by atoms with Gasteiger partial charge in [0, 0.05) is 0 Å². The highest BCUT2D eigenvalue weighted by atomic mass is 16.5. The van der Waals surface area contributed by atoms with E-state index in [4.69, 9.17) is 4.74 Å². The smallest absolute Gasteiger partial charge is 0.0662 e. The summed E-state index contributed by atoms with van der Waals surface area (Å²) in [5.41, 5.74) is 0.443. The molecule has 0 amide bonds. The van der Waals surface area contributed by atoms with Crippen LogP contribution in [0.3, 0.4) is 0 Å². The van der Waals surface area contributed by atoms with Crippen LogP contribution in [0.2, 0.25) is 0 Å². The van der Waals surface area contributed by atoms with Crippen molar-refractivity contribution in [2.24, 2.45) is 0 Å². The molecule has 108 valence electrons. The van der Waals surface area contributed by atoms with Crippen molar-refractivity contribution in [2.75, 3.05) is 0 Å². The van der Waals surface area contributed by atoms with Crippen LogP contribution in [0.5, 0.6) is 0 Å². The Balaban J connectivity index is 0.000000280. The lowest BCUT2D eigenvalue weighted by molar-refractivity contribution is -0.133. The van der Waals surface area contributed by atoms with Crippen LogP contribution in [0.4, 0.5) is 0 Å². The van der Waals surface area contributed by atoms with Crippen LogP contribution < -0.4 is 0 Å². The molecular weight excluding hydrogens is 220 g/mol. The maximum Gasteiger partial charge on any atom is 0.0662 e. The molecule has 0 radical (unpaired) electrons. The Morgan fingerprint density at radius 2 is 1.06 bits per heavy atom. The molecule has 0 saturated heterocycles. The first-order valence-corrected chi connectivity index (χ1v) is 8.24. The average Bonchev–Trinajstić information content (AvgIpc) is 2.90. The van der Waals surface area contributed by atoms with Crippen LogP contribution >= 0.6 is 0 Å². The monoisotopic (exact) mass is 254 g/mol. The number of ether oxygens (including phenoxy) is 1. The first-order valence-electron chi connectivity index (χ1n) is 8.24. The molecule has 1 heteroatoms. The van der Waals surface area contributed by atoms with Crippen molar-refractivity contribution >= 4 is 0 Å². The highest BCUT2D eigenvalue weighted by Crippen LogP contribution is 2.41. The predicted molar refractivity (Wildman–Crippen MR) is 80.0 cm³/mol. The predicted octanol–water partition coefficient (Wildman–Crippen LogP) is 5.86. The number of unbranched alkanes of at least 4 members (excludes halogenated alkanes) is 2. The van der Waals surface area contributed by atoms with Gasteiger partial charge in [-0.25, -0.2) is 0 Å². The minimum Gasteiger partial charge on any atom is -0.369 e. The van der Waals surface area contributed by atoms with Crippen molar-refractivity contribution in [3.63, 3.8) is 0 Å². The van der Waals surface area contributed by atoms with Crippen molar-refractivity contribution in [3.8, 4) is 0 Å². The number of rotatable bonds is 4. The van der Waals surface area contributed by atoms with E-state index in [0.717, 1.165) is 0 Å². The van der Waals surface area contributed by atoms with E-state index >= 15 is 0 Å². The molecule has 0 aromatic rings. The molecule has 2 saturated carbocycles. The summed E-state index contributed by atoms with van der Waals surface area (Å²) in [4.78, 5) is 0. The van der Waals surface area contributed by atoms with Gasteiger partial charge in [0.15, 0.2) is 0 Å². The first-order chi connectivity index (χ1) is 8.54. The van der Waals surface area contributed by atoms with Gasteiger partial charge in [0.25, 0.3) is 0 Å². The molecule has 2 rings (SSSR count). The first kappa shape index (κ1) is 16.0. The van der Waals surface area contributed by atoms with Crippen LogP contribution in [0.25, 0.3) is 0 Å². The second-order valence-corrected chi connectivity index (χ2v) is 6.77. The molecule has 2 fully saturated rings. The summed E-state index contributed by atoms with van der Waals surface area (Å²) < 4.78 is 6.35. The van der Waals surface area contributed by atoms with Gasteiger partial charge in [-0.1, -0.05) is 58.8 Å². The van der Waals surface area contributed by atoms with Crippen molar-refractivity contribution in [1.29, 1.82) is 0 Å². The van der Waals surface area contributed by atoms with Gasteiger partial charge >= 0.3 is 0 Å². The highest BCUT2D eigenvalue weighted by Gasteiger charge is 2.39. The van der Waals surface area contributed by atoms with Gasteiger partial charge in [-0.2, -0.15) is 0 Å². The normalized spacial score (nSPS) is 24.7. The molecule has 2 aliphatic carbocycles. The maximum absolute atomic E-state index is 6.35. The molecule has 0 aromatic carbocycles. The summed E-state index contributed by atoms with van der Waals surface area (Å²) in [6.45, 7) is 9.04. The Hall–Kier alpha value is -0.0400. The second kappa shape index (κ2) is 7.53. The molecule has 0 atom stereocenters. The molecule has 0 aliphatic heterocycles. The summed E-state index contributed by atoms with van der Waals surface area (Å²) in [6.07, 6.45) is 14.7. The lowest BCUT2D eigenvalue weighted by atomic mass is 10.00. The molecule has 2 aliphatic rings. The van der Waals surface area contributed by atoms with Gasteiger partial charge in [0.2, 0.25) is 0 Å². The largest absolute Gasteiger partial charge is 0.369 e. The molecule has 0 N–H and O–H groups in total. The van der Waals surface area contributed by atoms with Gasteiger partial charge < -0.3 is 4.74 Å². The molecular formula is C17H34O. The third kappa shape index (κ3) is 5.30. The maximum atomic E-state index is 6.35. The molecule has 1 nitrogen and oxygen atoms in total. The van der Waals surface area contributed by atoms with Gasteiger partial charge in [-0.15, -0.1) is 0 Å². The Morgan fingerprint density at radius 3 is 1.28 bits per heavy atom. The molecule has 0 aromatic heterocycles. The Kier molecular flexibility index (Phi) is 6.70. The summed E-state index contributed by atoms with van der Waals surface area (Å²) in [5.74, 6) is 0. The SMILES string of the molecule is CC1(OC2(C)CCCC2)CCCC1.CCCCC. The summed E-state index contributed by atoms with van der Waals surface area (Å²) in [7, 11) is 0. The van der Waals surface area contributed by atoms with Crippen molar-refractivity contribution in [3.05, 3.63) is 0 Å². The zero-order valence-electron chi connectivity index (χ0n) is 13.2. The van der Waals surface area contributed by atoms with Gasteiger partial charge in [-0.3, -0.25) is 0 Å². The van der Waals surface area contributed by atoms with E-state index in [2.05, 4.69) is 27.7 Å². The summed E-state index contributed by atoms with van der Waals surface area (Å²) >= 11 is 0. The Morgan fingerprint density at radius 1 is 0.722 bits per heavy atom. The molecule has 18 heavy (non-hydrogen) atoms. The number of hydrogen-bond donors (Lipinski definition) is 0. The molecule has 0 unspecified atom stereocenters. The third-order valence-corrected chi connectivity index (χ3v) is 4.52. The van der Waals surface area contributed by atoms with Crippen LogP contribution in [-0.4, -0.2) is 11.2 Å². The van der Waals surface area contributed by atoms with E-state index < -0.39 is 0 Å². The molecule has 0 spiro atoms. The van der Waals surface area contributed by atoms with Crippen molar-refractivity contribution in [2.45, 2.75) is 110 Å². The fourth-order valence-corrected chi connectivity index (χ4v) is 3.40. The quantitative estimate of drug-likeness (QED) is 0.610. The minimum atomic E-state index is 0.221. The number of hydrogen-bond acceptors (Lipinski definition) is 1. The standard InChI is InChI=1S/C12H22O.C5H12/c1-11(7-3-4-8-11)13-12(2)9-5-6-10-12;1-3-5-4-2/h3-10H2,1-2H3;3-5H2,1-2H3. The zero-order valence-corrected chi connectivity index (χ0v) is 13.2. The topological polar surface area (TPSA) is 9.23 Å². The highest BCUT2D eigenvalue weighted by molar-refractivity contribution is 4.89. The van der Waals surface area contributed by atoms with Crippen LogP contribution in [0, 0.1) is 0 Å². The van der Waals surface area contributed by atoms with E-state index in [1.807, 2.05) is 0 Å². The zero-order chi connectivity index (χ0) is 13.5.